The molecular weight excluding hydrogens is 378 g/mol. The lowest BCUT2D eigenvalue weighted by Gasteiger charge is -2.10. The Kier molecular flexibility index (Phi) is 4.68. The molecule has 0 aliphatic rings. The molecule has 0 spiro atoms. The highest BCUT2D eigenvalue weighted by atomic mass is 35.5. The van der Waals surface area contributed by atoms with Gasteiger partial charge in [-0.3, -0.25) is 14.3 Å². The van der Waals surface area contributed by atoms with Gasteiger partial charge in [0.15, 0.2) is 10.6 Å². The molecule has 2 heterocycles. The van der Waals surface area contributed by atoms with E-state index in [1.54, 1.807) is 0 Å². The molecule has 136 valence electrons. The fourth-order valence-corrected chi connectivity index (χ4v) is 3.50. The highest BCUT2D eigenvalue weighted by Crippen LogP contribution is 2.24. The molecule has 27 heavy (non-hydrogen) atoms. The molecule has 5 nitrogen and oxygen atoms in total. The van der Waals surface area contributed by atoms with Crippen molar-refractivity contribution >= 4 is 23.8 Å². The largest absolute Gasteiger partial charge is 0.271 e. The Morgan fingerprint density at radius 1 is 1.07 bits per heavy atom. The van der Waals surface area contributed by atoms with Crippen LogP contribution in [0.3, 0.4) is 0 Å². The van der Waals surface area contributed by atoms with Crippen molar-refractivity contribution < 1.29 is 0 Å². The summed E-state index contributed by atoms with van der Waals surface area (Å²) in [5, 5.41) is 12.7. The number of nitrogens with one attached hydrogen (secondary N) is 1. The summed E-state index contributed by atoms with van der Waals surface area (Å²) in [6, 6.07) is 18.0. The van der Waals surface area contributed by atoms with Crippen molar-refractivity contribution in [3.05, 3.63) is 81.5 Å². The molecular formula is C20H18ClN5S. The third-order valence-corrected chi connectivity index (χ3v) is 4.86. The minimum atomic E-state index is 0.493. The van der Waals surface area contributed by atoms with Gasteiger partial charge in [0.2, 0.25) is 0 Å². The predicted octanol–water partition coefficient (Wildman–Crippen LogP) is 5.11. The molecule has 2 aromatic heterocycles. The normalized spacial score (nSPS) is 11.1. The maximum Gasteiger partial charge on any atom is 0.199 e. The van der Waals surface area contributed by atoms with Gasteiger partial charge in [0.05, 0.1) is 11.4 Å². The van der Waals surface area contributed by atoms with Crippen molar-refractivity contribution in [1.82, 2.24) is 24.5 Å². The van der Waals surface area contributed by atoms with Crippen LogP contribution in [-0.2, 0) is 6.54 Å². The van der Waals surface area contributed by atoms with Crippen LogP contribution in [0.15, 0.2) is 54.6 Å². The first-order valence-corrected chi connectivity index (χ1v) is 9.33. The average Bonchev–Trinajstić information content (AvgIpc) is 3.18. The van der Waals surface area contributed by atoms with Crippen LogP contribution in [-0.4, -0.2) is 24.5 Å². The van der Waals surface area contributed by atoms with Gasteiger partial charge in [-0.15, -0.1) is 0 Å². The maximum absolute atomic E-state index is 6.03. The summed E-state index contributed by atoms with van der Waals surface area (Å²) in [4.78, 5) is 0. The third kappa shape index (κ3) is 3.59. The molecule has 0 saturated carbocycles. The monoisotopic (exact) mass is 395 g/mol. The number of hydrogen-bond donors (Lipinski definition) is 1. The van der Waals surface area contributed by atoms with Crippen LogP contribution in [0.5, 0.6) is 0 Å². The topological polar surface area (TPSA) is 51.4 Å². The minimum absolute atomic E-state index is 0.493. The van der Waals surface area contributed by atoms with Gasteiger partial charge < -0.3 is 0 Å². The van der Waals surface area contributed by atoms with Crippen molar-refractivity contribution in [1.29, 1.82) is 0 Å². The van der Waals surface area contributed by atoms with E-state index in [-0.39, 0.29) is 0 Å². The molecule has 0 unspecified atom stereocenters. The van der Waals surface area contributed by atoms with E-state index in [2.05, 4.69) is 40.4 Å². The molecule has 0 amide bonds. The Bertz CT molecular complexity index is 1150. The van der Waals surface area contributed by atoms with Gasteiger partial charge in [0.25, 0.3) is 0 Å². The number of benzene rings is 2. The van der Waals surface area contributed by atoms with Crippen LogP contribution in [0, 0.1) is 18.6 Å². The highest BCUT2D eigenvalue weighted by Gasteiger charge is 2.14. The molecule has 0 radical (unpaired) electrons. The summed E-state index contributed by atoms with van der Waals surface area (Å²) >= 11 is 11.5. The van der Waals surface area contributed by atoms with Crippen LogP contribution in [0.2, 0.25) is 5.02 Å². The van der Waals surface area contributed by atoms with E-state index in [9.17, 15) is 0 Å². The first-order chi connectivity index (χ1) is 13.0. The zero-order chi connectivity index (χ0) is 19.0. The minimum Gasteiger partial charge on any atom is -0.271 e. The Morgan fingerprint density at radius 3 is 2.59 bits per heavy atom. The first kappa shape index (κ1) is 17.7. The summed E-state index contributed by atoms with van der Waals surface area (Å²) in [7, 11) is 0. The molecule has 0 aliphatic carbocycles. The number of hydrogen-bond acceptors (Lipinski definition) is 3. The van der Waals surface area contributed by atoms with Crippen LogP contribution in [0.4, 0.5) is 0 Å². The molecule has 0 aliphatic heterocycles. The van der Waals surface area contributed by atoms with Crippen LogP contribution in [0.25, 0.3) is 16.9 Å². The molecule has 0 fully saturated rings. The Hall–Kier alpha value is -2.70. The standard InChI is InChI=1S/C20H18ClN5S/c1-13-4-3-5-17(10-13)26-19(22-23-20(26)27)12-25-18(11-14(2)24-25)15-6-8-16(21)9-7-15/h3-11H,12H2,1-2H3,(H,23,27). The zero-order valence-electron chi connectivity index (χ0n) is 15.0. The number of aryl methyl sites for hydroxylation is 2. The molecule has 4 rings (SSSR count). The SMILES string of the molecule is Cc1cccc(-n2c(Cn3nc(C)cc3-c3ccc(Cl)cc3)n[nH]c2=S)c1. The second-order valence-corrected chi connectivity index (χ2v) is 7.28. The smallest absolute Gasteiger partial charge is 0.199 e. The number of halogens is 1. The summed E-state index contributed by atoms with van der Waals surface area (Å²) in [6.45, 7) is 4.53. The Balaban J connectivity index is 1.77. The average molecular weight is 396 g/mol. The van der Waals surface area contributed by atoms with Crippen molar-refractivity contribution in [2.45, 2.75) is 20.4 Å². The van der Waals surface area contributed by atoms with E-state index in [1.807, 2.05) is 52.6 Å². The summed E-state index contributed by atoms with van der Waals surface area (Å²) in [5.41, 5.74) is 5.15. The van der Waals surface area contributed by atoms with E-state index < -0.39 is 0 Å². The van der Waals surface area contributed by atoms with Gasteiger partial charge >= 0.3 is 0 Å². The summed E-state index contributed by atoms with van der Waals surface area (Å²) < 4.78 is 4.45. The van der Waals surface area contributed by atoms with E-state index in [4.69, 9.17) is 23.8 Å². The van der Waals surface area contributed by atoms with Crippen LogP contribution < -0.4 is 0 Å². The summed E-state index contributed by atoms with van der Waals surface area (Å²) in [6.07, 6.45) is 0. The number of aromatic nitrogens is 5. The van der Waals surface area contributed by atoms with E-state index in [0.29, 0.717) is 16.3 Å². The quantitative estimate of drug-likeness (QED) is 0.488. The lowest BCUT2D eigenvalue weighted by molar-refractivity contribution is 0.644. The van der Waals surface area contributed by atoms with Crippen molar-refractivity contribution in [3.63, 3.8) is 0 Å². The van der Waals surface area contributed by atoms with Crippen molar-refractivity contribution in [3.8, 4) is 16.9 Å². The Labute approximate surface area is 167 Å². The number of H-pyrrole nitrogens is 1. The number of rotatable bonds is 4. The molecule has 0 bridgehead atoms. The van der Waals surface area contributed by atoms with Gasteiger partial charge in [-0.1, -0.05) is 35.9 Å². The molecule has 2 aromatic carbocycles. The number of aromatic amines is 1. The second-order valence-electron chi connectivity index (χ2n) is 6.45. The first-order valence-electron chi connectivity index (χ1n) is 8.55. The molecule has 4 aromatic rings. The van der Waals surface area contributed by atoms with Gasteiger partial charge in [-0.2, -0.15) is 10.2 Å². The highest BCUT2D eigenvalue weighted by molar-refractivity contribution is 7.71. The fourth-order valence-electron chi connectivity index (χ4n) is 3.12. The fraction of sp³-hybridized carbons (Fsp3) is 0.150. The van der Waals surface area contributed by atoms with Gasteiger partial charge in [0, 0.05) is 10.7 Å². The van der Waals surface area contributed by atoms with Crippen LogP contribution in [0.1, 0.15) is 17.1 Å². The summed E-state index contributed by atoms with van der Waals surface area (Å²) in [5.74, 6) is 0.795. The molecule has 7 heteroatoms. The van der Waals surface area contributed by atoms with E-state index >= 15 is 0 Å². The molecule has 0 saturated heterocycles. The second kappa shape index (κ2) is 7.13. The van der Waals surface area contributed by atoms with Gasteiger partial charge in [0.1, 0.15) is 6.54 Å². The van der Waals surface area contributed by atoms with Crippen molar-refractivity contribution in [2.75, 3.05) is 0 Å². The molecule has 0 atom stereocenters. The van der Waals surface area contributed by atoms with Crippen LogP contribution >= 0.6 is 23.8 Å². The third-order valence-electron chi connectivity index (χ3n) is 4.33. The number of nitrogens with zero attached hydrogens (tertiary/aromatic N) is 4. The van der Waals surface area contributed by atoms with Gasteiger partial charge in [-0.25, -0.2) is 0 Å². The maximum atomic E-state index is 6.03. The van der Waals surface area contributed by atoms with Crippen molar-refractivity contribution in [2.24, 2.45) is 0 Å². The lowest BCUT2D eigenvalue weighted by Crippen LogP contribution is -2.10. The predicted molar refractivity (Wildman–Crippen MR) is 110 cm³/mol. The van der Waals surface area contributed by atoms with E-state index in [0.717, 1.165) is 28.5 Å². The zero-order valence-corrected chi connectivity index (χ0v) is 16.6. The van der Waals surface area contributed by atoms with E-state index in [1.165, 1.54) is 5.56 Å². The molecule has 1 N–H and O–H groups in total. The Morgan fingerprint density at radius 2 is 1.85 bits per heavy atom. The van der Waals surface area contributed by atoms with Gasteiger partial charge in [-0.05, 0) is 67.5 Å². The lowest BCUT2D eigenvalue weighted by atomic mass is 10.1.